The zero-order valence-corrected chi connectivity index (χ0v) is 14.2. The first kappa shape index (κ1) is 19.0. The Morgan fingerprint density at radius 2 is 2.18 bits per heavy atom. The second-order valence-electron chi connectivity index (χ2n) is 6.81. The van der Waals surface area contributed by atoms with Gasteiger partial charge in [0.1, 0.15) is 5.60 Å². The highest BCUT2D eigenvalue weighted by Gasteiger charge is 2.34. The molecule has 0 bridgehead atoms. The first-order valence-electron chi connectivity index (χ1n) is 8.21. The molecule has 1 amide bonds. The van der Waals surface area contributed by atoms with E-state index in [9.17, 15) is 9.90 Å². The number of hydrogen-bond acceptors (Lipinski definition) is 4. The van der Waals surface area contributed by atoms with Crippen LogP contribution in [-0.4, -0.2) is 53.6 Å². The van der Waals surface area contributed by atoms with E-state index in [1.165, 1.54) is 0 Å². The molecule has 1 rings (SSSR count). The lowest BCUT2D eigenvalue weighted by Gasteiger charge is -2.38. The van der Waals surface area contributed by atoms with E-state index in [1.807, 2.05) is 26.8 Å². The largest absolute Gasteiger partial charge is 0.444 e. The van der Waals surface area contributed by atoms with Crippen molar-refractivity contribution in [1.82, 2.24) is 4.90 Å². The lowest BCUT2D eigenvalue weighted by atomic mass is 10.0. The number of allylic oxidation sites excluding steroid dienone is 1. The number of aliphatic hydroxyl groups is 1. The molecule has 128 valence electrons. The fraction of sp³-hybridized carbons (Fsp3) is 0.824. The van der Waals surface area contributed by atoms with E-state index >= 15 is 0 Å². The third-order valence-corrected chi connectivity index (χ3v) is 3.65. The van der Waals surface area contributed by atoms with E-state index in [1.54, 1.807) is 4.90 Å². The van der Waals surface area contributed by atoms with Crippen LogP contribution in [0.15, 0.2) is 12.7 Å². The second kappa shape index (κ2) is 9.16. The molecule has 0 aromatic carbocycles. The summed E-state index contributed by atoms with van der Waals surface area (Å²) in [5.41, 5.74) is -0.532. The maximum atomic E-state index is 12.3. The van der Waals surface area contributed by atoms with Gasteiger partial charge in [-0.05, 0) is 40.0 Å². The fourth-order valence-corrected chi connectivity index (χ4v) is 2.50. The first-order valence-corrected chi connectivity index (χ1v) is 8.21. The first-order chi connectivity index (χ1) is 10.3. The summed E-state index contributed by atoms with van der Waals surface area (Å²) in [5, 5.41) is 10.4. The Morgan fingerprint density at radius 1 is 1.45 bits per heavy atom. The Kier molecular flexibility index (Phi) is 7.90. The van der Waals surface area contributed by atoms with Crippen LogP contribution in [0.5, 0.6) is 0 Å². The zero-order valence-electron chi connectivity index (χ0n) is 14.2. The van der Waals surface area contributed by atoms with Crippen molar-refractivity contribution in [3.8, 4) is 0 Å². The number of unbranched alkanes of at least 4 members (excludes halogenated alkanes) is 3. The topological polar surface area (TPSA) is 59.0 Å². The van der Waals surface area contributed by atoms with Gasteiger partial charge in [-0.25, -0.2) is 4.79 Å². The molecule has 0 aromatic rings. The van der Waals surface area contributed by atoms with Gasteiger partial charge in [-0.3, -0.25) is 4.90 Å². The Balaban J connectivity index is 2.49. The Bertz CT molecular complexity index is 351. The number of carbonyl (C=O) groups is 1. The van der Waals surface area contributed by atoms with Gasteiger partial charge < -0.3 is 14.6 Å². The molecule has 1 saturated heterocycles. The minimum absolute atomic E-state index is 0.317. The van der Waals surface area contributed by atoms with Crippen molar-refractivity contribution in [2.45, 2.75) is 70.6 Å². The van der Waals surface area contributed by atoms with Gasteiger partial charge in [0.15, 0.2) is 0 Å². The monoisotopic (exact) mass is 313 g/mol. The lowest BCUT2D eigenvalue weighted by Crippen LogP contribution is -2.55. The van der Waals surface area contributed by atoms with E-state index < -0.39 is 11.7 Å². The highest BCUT2D eigenvalue weighted by Crippen LogP contribution is 2.19. The van der Waals surface area contributed by atoms with Crippen LogP contribution in [0, 0.1) is 0 Å². The summed E-state index contributed by atoms with van der Waals surface area (Å²) in [4.78, 5) is 13.9. The number of ether oxygens (including phenoxy) is 2. The molecule has 1 heterocycles. The second-order valence-corrected chi connectivity index (χ2v) is 6.81. The molecule has 0 saturated carbocycles. The van der Waals surface area contributed by atoms with Crippen LogP contribution in [0.3, 0.4) is 0 Å². The van der Waals surface area contributed by atoms with Crippen molar-refractivity contribution in [2.75, 3.05) is 19.8 Å². The van der Waals surface area contributed by atoms with Gasteiger partial charge in [0.25, 0.3) is 0 Å². The van der Waals surface area contributed by atoms with Crippen LogP contribution < -0.4 is 0 Å². The van der Waals surface area contributed by atoms with Crippen molar-refractivity contribution in [3.05, 3.63) is 12.7 Å². The van der Waals surface area contributed by atoms with Crippen molar-refractivity contribution < 1.29 is 19.4 Å². The summed E-state index contributed by atoms with van der Waals surface area (Å²) in [6.07, 6.45) is 5.74. The summed E-state index contributed by atoms with van der Waals surface area (Å²) >= 11 is 0. The Labute approximate surface area is 134 Å². The smallest absolute Gasteiger partial charge is 0.410 e. The predicted molar refractivity (Wildman–Crippen MR) is 86.8 cm³/mol. The van der Waals surface area contributed by atoms with Crippen LogP contribution >= 0.6 is 0 Å². The number of rotatable bonds is 7. The van der Waals surface area contributed by atoms with E-state index in [0.717, 1.165) is 25.7 Å². The highest BCUT2D eigenvalue weighted by molar-refractivity contribution is 5.68. The third-order valence-electron chi connectivity index (χ3n) is 3.65. The third kappa shape index (κ3) is 6.79. The number of nitrogens with zero attached hydrogens (tertiary/aromatic N) is 1. The molecule has 0 radical (unpaired) electrons. The van der Waals surface area contributed by atoms with Gasteiger partial charge in [-0.2, -0.15) is 0 Å². The molecule has 1 aliphatic rings. The van der Waals surface area contributed by atoms with E-state index in [2.05, 4.69) is 6.58 Å². The number of aliphatic hydroxyl groups excluding tert-OH is 1. The lowest BCUT2D eigenvalue weighted by molar-refractivity contribution is -0.0681. The molecule has 5 nitrogen and oxygen atoms in total. The summed E-state index contributed by atoms with van der Waals surface area (Å²) in [6, 6.07) is -0.317. The number of morpholine rings is 1. The van der Waals surface area contributed by atoms with E-state index in [-0.39, 0.29) is 12.1 Å². The van der Waals surface area contributed by atoms with Gasteiger partial charge >= 0.3 is 6.09 Å². The van der Waals surface area contributed by atoms with Gasteiger partial charge in [-0.15, -0.1) is 6.58 Å². The van der Waals surface area contributed by atoms with Gasteiger partial charge in [0.05, 0.1) is 25.4 Å². The van der Waals surface area contributed by atoms with E-state index in [4.69, 9.17) is 9.47 Å². The molecular weight excluding hydrogens is 282 g/mol. The van der Waals surface area contributed by atoms with Crippen molar-refractivity contribution in [1.29, 1.82) is 0 Å². The minimum Gasteiger partial charge on any atom is -0.444 e. The highest BCUT2D eigenvalue weighted by atomic mass is 16.6. The zero-order chi connectivity index (χ0) is 16.6. The minimum atomic E-state index is -0.573. The molecule has 1 aliphatic heterocycles. The van der Waals surface area contributed by atoms with Crippen molar-refractivity contribution >= 4 is 6.09 Å². The fourth-order valence-electron chi connectivity index (χ4n) is 2.50. The van der Waals surface area contributed by atoms with Crippen molar-refractivity contribution in [2.24, 2.45) is 0 Å². The predicted octanol–water partition coefficient (Wildman–Crippen LogP) is 3.12. The van der Waals surface area contributed by atoms with Gasteiger partial charge in [-0.1, -0.05) is 18.9 Å². The van der Waals surface area contributed by atoms with Crippen LogP contribution in [0.1, 0.15) is 52.9 Å². The number of amides is 1. The average Bonchev–Trinajstić information content (AvgIpc) is 2.45. The standard InChI is InChI=1S/C17H31NO4/c1-5-6-7-8-9-10-15(19)14-13-21-12-11-18(14)16(20)22-17(2,3)4/h5,14-15,19H,1,6-13H2,2-4H3. The molecule has 5 heteroatoms. The normalized spacial score (nSPS) is 20.5. The SMILES string of the molecule is C=CCCCCCC(O)C1COCCN1C(=O)OC(C)(C)C. The summed E-state index contributed by atoms with van der Waals surface area (Å²) in [5.74, 6) is 0. The molecular formula is C17H31NO4. The summed E-state index contributed by atoms with van der Waals surface area (Å²) < 4.78 is 10.9. The number of carbonyl (C=O) groups excluding carboxylic acids is 1. The summed E-state index contributed by atoms with van der Waals surface area (Å²) in [7, 11) is 0. The Morgan fingerprint density at radius 3 is 2.82 bits per heavy atom. The van der Waals surface area contributed by atoms with Crippen LogP contribution in [-0.2, 0) is 9.47 Å². The quantitative estimate of drug-likeness (QED) is 0.579. The molecule has 1 fully saturated rings. The number of hydrogen-bond donors (Lipinski definition) is 1. The molecule has 0 aromatic heterocycles. The molecule has 0 spiro atoms. The van der Waals surface area contributed by atoms with Crippen molar-refractivity contribution in [3.63, 3.8) is 0 Å². The molecule has 0 aliphatic carbocycles. The van der Waals surface area contributed by atoms with Gasteiger partial charge in [0.2, 0.25) is 0 Å². The molecule has 2 atom stereocenters. The average molecular weight is 313 g/mol. The Hall–Kier alpha value is -1.07. The molecule has 22 heavy (non-hydrogen) atoms. The summed E-state index contributed by atoms with van der Waals surface area (Å²) in [6.45, 7) is 10.6. The maximum absolute atomic E-state index is 12.3. The molecule has 1 N–H and O–H groups in total. The molecule has 2 unspecified atom stereocenters. The van der Waals surface area contributed by atoms with Crippen LogP contribution in [0.4, 0.5) is 4.79 Å². The van der Waals surface area contributed by atoms with Gasteiger partial charge in [0, 0.05) is 6.54 Å². The maximum Gasteiger partial charge on any atom is 0.410 e. The van der Waals surface area contributed by atoms with E-state index in [0.29, 0.717) is 26.2 Å². The van der Waals surface area contributed by atoms with Crippen LogP contribution in [0.2, 0.25) is 0 Å². The van der Waals surface area contributed by atoms with Crippen LogP contribution in [0.25, 0.3) is 0 Å².